The number of hydrogen-bond acceptors (Lipinski definition) is 2. The molecule has 0 radical (unpaired) electrons. The largest absolute Gasteiger partial charge is 0.399 e. The van der Waals surface area contributed by atoms with Gasteiger partial charge in [0.15, 0.2) is 0 Å². The summed E-state index contributed by atoms with van der Waals surface area (Å²) in [6, 6.07) is 7.71. The molecule has 0 amide bonds. The molecule has 0 heterocycles. The Morgan fingerprint density at radius 1 is 1.44 bits per heavy atom. The van der Waals surface area contributed by atoms with Crippen molar-refractivity contribution in [2.75, 3.05) is 19.3 Å². The fraction of sp³-hybridized carbons (Fsp3) is 0.571. The molecule has 2 nitrogen and oxygen atoms in total. The van der Waals surface area contributed by atoms with Crippen LogP contribution in [0.25, 0.3) is 0 Å². The smallest absolute Gasteiger partial charge is 0.248 e. The van der Waals surface area contributed by atoms with Crippen LogP contribution in [-0.4, -0.2) is 24.4 Å². The van der Waals surface area contributed by atoms with Crippen LogP contribution in [0.15, 0.2) is 24.3 Å². The van der Waals surface area contributed by atoms with E-state index in [-0.39, 0.29) is 18.8 Å². The minimum Gasteiger partial charge on any atom is -0.399 e. The fourth-order valence-corrected chi connectivity index (χ4v) is 2.71. The van der Waals surface area contributed by atoms with E-state index in [0.717, 1.165) is 24.3 Å². The molecular formula is C14H20F2N2. The number of benzene rings is 1. The molecule has 1 aromatic carbocycles. The van der Waals surface area contributed by atoms with Crippen molar-refractivity contribution in [3.05, 3.63) is 29.8 Å². The molecule has 1 fully saturated rings. The molecule has 100 valence electrons. The molecule has 1 aromatic rings. The summed E-state index contributed by atoms with van der Waals surface area (Å²) < 4.78 is 26.2. The minimum atomic E-state index is -2.44. The zero-order valence-electron chi connectivity index (χ0n) is 10.7. The highest BCUT2D eigenvalue weighted by atomic mass is 19.3. The van der Waals surface area contributed by atoms with Gasteiger partial charge >= 0.3 is 0 Å². The van der Waals surface area contributed by atoms with Crippen LogP contribution in [0.5, 0.6) is 0 Å². The van der Waals surface area contributed by atoms with Crippen molar-refractivity contribution in [2.24, 2.45) is 5.92 Å². The molecule has 18 heavy (non-hydrogen) atoms. The van der Waals surface area contributed by atoms with Crippen molar-refractivity contribution in [1.82, 2.24) is 4.90 Å². The molecule has 0 bridgehead atoms. The number of nitrogens with two attached hydrogens (primary N) is 1. The van der Waals surface area contributed by atoms with Gasteiger partial charge in [-0.3, -0.25) is 0 Å². The van der Waals surface area contributed by atoms with E-state index in [1.807, 2.05) is 31.3 Å². The summed E-state index contributed by atoms with van der Waals surface area (Å²) in [5, 5.41) is 0. The van der Waals surface area contributed by atoms with Crippen LogP contribution in [-0.2, 0) is 6.54 Å². The van der Waals surface area contributed by atoms with Crippen LogP contribution in [0.4, 0.5) is 14.5 Å². The Kier molecular flexibility index (Phi) is 3.85. The number of nitrogen functional groups attached to an aromatic ring is 1. The molecule has 1 atom stereocenters. The highest BCUT2D eigenvalue weighted by Crippen LogP contribution is 2.39. The summed E-state index contributed by atoms with van der Waals surface area (Å²) in [5.41, 5.74) is 7.59. The first-order valence-corrected chi connectivity index (χ1v) is 6.35. The number of alkyl halides is 2. The highest BCUT2D eigenvalue weighted by molar-refractivity contribution is 5.40. The van der Waals surface area contributed by atoms with E-state index in [9.17, 15) is 8.78 Å². The Hall–Kier alpha value is -1.16. The number of rotatable bonds is 4. The standard InChI is InChI=1S/C14H20F2N2/c1-18(9-11-3-2-4-13(17)7-11)10-12-5-6-14(15,16)8-12/h2-4,7,12H,5-6,8-10,17H2,1H3. The molecule has 2 N–H and O–H groups in total. The first kappa shape index (κ1) is 13.3. The van der Waals surface area contributed by atoms with Gasteiger partial charge in [-0.25, -0.2) is 8.78 Å². The summed E-state index contributed by atoms with van der Waals surface area (Å²) >= 11 is 0. The van der Waals surface area contributed by atoms with Gasteiger partial charge in [0.2, 0.25) is 5.92 Å². The third-order valence-electron chi connectivity index (χ3n) is 3.48. The summed E-state index contributed by atoms with van der Waals surface area (Å²) in [6.45, 7) is 1.48. The molecule has 0 spiro atoms. The third kappa shape index (κ3) is 3.67. The highest BCUT2D eigenvalue weighted by Gasteiger charge is 2.39. The van der Waals surface area contributed by atoms with E-state index >= 15 is 0 Å². The lowest BCUT2D eigenvalue weighted by molar-refractivity contribution is 0.00372. The Bertz CT molecular complexity index is 407. The van der Waals surface area contributed by atoms with E-state index in [4.69, 9.17) is 5.73 Å². The van der Waals surface area contributed by atoms with Crippen molar-refractivity contribution in [3.63, 3.8) is 0 Å². The van der Waals surface area contributed by atoms with Gasteiger partial charge in [0.05, 0.1) is 0 Å². The Morgan fingerprint density at radius 2 is 2.22 bits per heavy atom. The predicted octanol–water partition coefficient (Wildman–Crippen LogP) is 3.14. The molecule has 1 saturated carbocycles. The molecule has 4 heteroatoms. The lowest BCUT2D eigenvalue weighted by Crippen LogP contribution is -2.25. The van der Waals surface area contributed by atoms with Crippen molar-refractivity contribution < 1.29 is 8.78 Å². The van der Waals surface area contributed by atoms with Crippen LogP contribution >= 0.6 is 0 Å². The van der Waals surface area contributed by atoms with Gasteiger partial charge in [-0.05, 0) is 37.1 Å². The number of anilines is 1. The monoisotopic (exact) mass is 254 g/mol. The molecule has 1 unspecified atom stereocenters. The van der Waals surface area contributed by atoms with Gasteiger partial charge in [0.25, 0.3) is 0 Å². The van der Waals surface area contributed by atoms with Crippen LogP contribution in [0.1, 0.15) is 24.8 Å². The van der Waals surface area contributed by atoms with Gasteiger partial charge in [-0.15, -0.1) is 0 Å². The molecule has 0 aliphatic heterocycles. The second-order valence-electron chi connectivity index (χ2n) is 5.41. The van der Waals surface area contributed by atoms with Crippen molar-refractivity contribution in [2.45, 2.75) is 31.7 Å². The zero-order valence-corrected chi connectivity index (χ0v) is 10.7. The summed E-state index contributed by atoms with van der Waals surface area (Å²) in [6.07, 6.45) is 0.715. The maximum atomic E-state index is 13.1. The van der Waals surface area contributed by atoms with Gasteiger partial charge in [-0.1, -0.05) is 12.1 Å². The first-order valence-electron chi connectivity index (χ1n) is 6.35. The van der Waals surface area contributed by atoms with Crippen LogP contribution in [0.3, 0.4) is 0 Å². The van der Waals surface area contributed by atoms with E-state index in [1.54, 1.807) is 0 Å². The number of nitrogens with zero attached hydrogens (tertiary/aromatic N) is 1. The average Bonchev–Trinajstić information content (AvgIpc) is 2.57. The van der Waals surface area contributed by atoms with Crippen LogP contribution < -0.4 is 5.73 Å². The molecule has 1 aliphatic rings. The Labute approximate surface area is 107 Å². The maximum Gasteiger partial charge on any atom is 0.248 e. The topological polar surface area (TPSA) is 29.3 Å². The second-order valence-corrected chi connectivity index (χ2v) is 5.41. The Morgan fingerprint density at radius 3 is 2.83 bits per heavy atom. The lowest BCUT2D eigenvalue weighted by Gasteiger charge is -2.21. The van der Waals surface area contributed by atoms with Crippen molar-refractivity contribution in [1.29, 1.82) is 0 Å². The van der Waals surface area contributed by atoms with Gasteiger partial charge in [0, 0.05) is 31.6 Å². The van der Waals surface area contributed by atoms with E-state index in [0.29, 0.717) is 6.42 Å². The quantitative estimate of drug-likeness (QED) is 0.836. The van der Waals surface area contributed by atoms with Crippen molar-refractivity contribution in [3.8, 4) is 0 Å². The molecule has 1 aliphatic carbocycles. The van der Waals surface area contributed by atoms with E-state index < -0.39 is 5.92 Å². The third-order valence-corrected chi connectivity index (χ3v) is 3.48. The molecule has 0 aromatic heterocycles. The number of halogens is 2. The lowest BCUT2D eigenvalue weighted by atomic mass is 10.1. The van der Waals surface area contributed by atoms with E-state index in [1.165, 1.54) is 0 Å². The normalized spacial score (nSPS) is 22.6. The molecule has 2 rings (SSSR count). The van der Waals surface area contributed by atoms with Crippen LogP contribution in [0.2, 0.25) is 0 Å². The predicted molar refractivity (Wildman–Crippen MR) is 69.5 cm³/mol. The second kappa shape index (κ2) is 5.22. The molecule has 0 saturated heterocycles. The number of hydrogen-bond donors (Lipinski definition) is 1. The van der Waals surface area contributed by atoms with Crippen molar-refractivity contribution >= 4 is 5.69 Å². The van der Waals surface area contributed by atoms with Gasteiger partial charge < -0.3 is 10.6 Å². The summed E-state index contributed by atoms with van der Waals surface area (Å²) in [7, 11) is 1.97. The SMILES string of the molecule is CN(Cc1cccc(N)c1)CC1CCC(F)(F)C1. The zero-order chi connectivity index (χ0) is 13.2. The maximum absolute atomic E-state index is 13.1. The fourth-order valence-electron chi connectivity index (χ4n) is 2.71. The van der Waals surface area contributed by atoms with Gasteiger partial charge in [-0.2, -0.15) is 0 Å². The van der Waals surface area contributed by atoms with E-state index in [2.05, 4.69) is 4.90 Å². The minimum absolute atomic E-state index is 0.0360. The van der Waals surface area contributed by atoms with Gasteiger partial charge in [0.1, 0.15) is 0 Å². The Balaban J connectivity index is 1.84. The summed E-state index contributed by atoms with van der Waals surface area (Å²) in [4.78, 5) is 2.10. The first-order chi connectivity index (χ1) is 8.44. The van der Waals surface area contributed by atoms with Crippen LogP contribution in [0, 0.1) is 5.92 Å². The average molecular weight is 254 g/mol. The molecular weight excluding hydrogens is 234 g/mol. The summed E-state index contributed by atoms with van der Waals surface area (Å²) in [5.74, 6) is -2.33.